The third-order valence-corrected chi connectivity index (χ3v) is 9.12. The van der Waals surface area contributed by atoms with Gasteiger partial charge in [-0.3, -0.25) is 0 Å². The second-order valence-electron chi connectivity index (χ2n) is 11.5. The molecule has 2 saturated carbocycles. The van der Waals surface area contributed by atoms with Crippen molar-refractivity contribution in [3.05, 3.63) is 65.2 Å². The Hall–Kier alpha value is -2.46. The molecule has 0 aromatic heterocycles. The minimum atomic E-state index is 0.273. The van der Waals surface area contributed by atoms with Crippen LogP contribution < -0.4 is 9.47 Å². The molecule has 3 aliphatic rings. The summed E-state index contributed by atoms with van der Waals surface area (Å²) in [5.74, 6) is 4.80. The van der Waals surface area contributed by atoms with Crippen LogP contribution in [-0.2, 0) is 6.42 Å². The summed E-state index contributed by atoms with van der Waals surface area (Å²) in [7, 11) is 4.11. The summed E-state index contributed by atoms with van der Waals surface area (Å²) in [5.41, 5.74) is 4.74. The van der Waals surface area contributed by atoms with Crippen LogP contribution in [0.1, 0.15) is 56.6 Å². The molecule has 35 heavy (non-hydrogen) atoms. The lowest BCUT2D eigenvalue weighted by atomic mass is 9.52. The third-order valence-electron chi connectivity index (χ3n) is 9.12. The monoisotopic (exact) mass is 475 g/mol. The molecule has 0 spiro atoms. The number of hydrogen-bond acceptors (Lipinski definition) is 4. The fourth-order valence-electron chi connectivity index (χ4n) is 7.41. The fraction of sp³-hybridized carbons (Fsp3) is 0.548. The Morgan fingerprint density at radius 3 is 2.63 bits per heavy atom. The number of nitrogens with zero attached hydrogens (tertiary/aromatic N) is 1. The largest absolute Gasteiger partial charge is 0.508 e. The fourth-order valence-corrected chi connectivity index (χ4v) is 7.41. The number of phenols is 1. The Labute approximate surface area is 210 Å². The molecule has 4 unspecified atom stereocenters. The second kappa shape index (κ2) is 9.89. The molecule has 4 heteroatoms. The summed E-state index contributed by atoms with van der Waals surface area (Å²) in [6.45, 7) is 7.08. The molecule has 0 radical (unpaired) electrons. The van der Waals surface area contributed by atoms with Crippen molar-refractivity contribution in [2.75, 3.05) is 33.9 Å². The topological polar surface area (TPSA) is 41.9 Å². The molecule has 5 atom stereocenters. The summed E-state index contributed by atoms with van der Waals surface area (Å²) < 4.78 is 12.2. The lowest BCUT2D eigenvalue weighted by Crippen LogP contribution is -2.43. The van der Waals surface area contributed by atoms with Gasteiger partial charge in [-0.2, -0.15) is 0 Å². The molecule has 0 amide bonds. The standard InChI is InChI=1S/C31H41NO3/c1-21-19-22-20-24(33)10-11-25(22)26-13-15-31(2)23(9-12-27(31)30(21)26)14-17-34-28-7-5-6-8-29(28)35-18-16-32(3)4/h5-8,10-11,14,20-21,26-27,30,33H,9,12-13,15-19H2,1-4H3/b23-14+/t21-,26?,27?,30?,31?/m1/s1. The van der Waals surface area contributed by atoms with E-state index in [4.69, 9.17) is 9.47 Å². The quantitative estimate of drug-likeness (QED) is 0.468. The first-order valence-electron chi connectivity index (χ1n) is 13.4. The number of phenolic OH excluding ortho intramolecular Hbond substituents is 1. The van der Waals surface area contributed by atoms with Gasteiger partial charge < -0.3 is 19.5 Å². The smallest absolute Gasteiger partial charge is 0.161 e. The van der Waals surface area contributed by atoms with E-state index in [1.165, 1.54) is 36.8 Å². The van der Waals surface area contributed by atoms with E-state index in [0.29, 0.717) is 30.8 Å². The summed E-state index contributed by atoms with van der Waals surface area (Å²) >= 11 is 0. The highest BCUT2D eigenvalue weighted by Crippen LogP contribution is 2.63. The van der Waals surface area contributed by atoms with Crippen LogP contribution in [0, 0.1) is 23.2 Å². The molecule has 2 aromatic rings. The van der Waals surface area contributed by atoms with Crippen molar-refractivity contribution < 1.29 is 14.6 Å². The van der Waals surface area contributed by atoms with Crippen LogP contribution in [0.25, 0.3) is 0 Å². The van der Waals surface area contributed by atoms with E-state index in [9.17, 15) is 5.11 Å². The highest BCUT2D eigenvalue weighted by atomic mass is 16.5. The van der Waals surface area contributed by atoms with E-state index in [0.717, 1.165) is 36.3 Å². The predicted octanol–water partition coefficient (Wildman–Crippen LogP) is 6.44. The van der Waals surface area contributed by atoms with Gasteiger partial charge >= 0.3 is 0 Å². The third kappa shape index (κ3) is 4.70. The molecular formula is C31H41NO3. The Balaban J connectivity index is 1.28. The molecule has 0 saturated heterocycles. The van der Waals surface area contributed by atoms with Crippen LogP contribution in [0.15, 0.2) is 54.1 Å². The summed E-state index contributed by atoms with van der Waals surface area (Å²) in [4.78, 5) is 2.12. The van der Waals surface area contributed by atoms with Crippen molar-refractivity contribution in [3.8, 4) is 17.2 Å². The van der Waals surface area contributed by atoms with E-state index in [-0.39, 0.29) is 5.41 Å². The summed E-state index contributed by atoms with van der Waals surface area (Å²) in [5, 5.41) is 10.0. The zero-order valence-corrected chi connectivity index (χ0v) is 21.8. The molecule has 1 N–H and O–H groups in total. The van der Waals surface area contributed by atoms with Gasteiger partial charge in [0.2, 0.25) is 0 Å². The van der Waals surface area contributed by atoms with Gasteiger partial charge in [0.05, 0.1) is 0 Å². The summed E-state index contributed by atoms with van der Waals surface area (Å²) in [6.07, 6.45) is 8.40. The maximum Gasteiger partial charge on any atom is 0.161 e. The van der Waals surface area contributed by atoms with Gasteiger partial charge in [0, 0.05) is 6.54 Å². The van der Waals surface area contributed by atoms with Gasteiger partial charge in [-0.25, -0.2) is 0 Å². The van der Waals surface area contributed by atoms with Gasteiger partial charge in [0.25, 0.3) is 0 Å². The zero-order valence-electron chi connectivity index (χ0n) is 21.8. The minimum Gasteiger partial charge on any atom is -0.508 e. The molecular weight excluding hydrogens is 434 g/mol. The minimum absolute atomic E-state index is 0.273. The van der Waals surface area contributed by atoms with Gasteiger partial charge in [0.15, 0.2) is 11.5 Å². The maximum atomic E-state index is 10.0. The number of benzene rings is 2. The van der Waals surface area contributed by atoms with Crippen molar-refractivity contribution in [1.29, 1.82) is 0 Å². The molecule has 3 aliphatic carbocycles. The van der Waals surface area contributed by atoms with Gasteiger partial charge in [0.1, 0.15) is 19.0 Å². The lowest BCUT2D eigenvalue weighted by molar-refractivity contribution is 0.0488. The van der Waals surface area contributed by atoms with Crippen molar-refractivity contribution in [1.82, 2.24) is 4.90 Å². The first-order chi connectivity index (χ1) is 16.9. The number of para-hydroxylation sites is 2. The first-order valence-corrected chi connectivity index (χ1v) is 13.4. The molecule has 5 rings (SSSR count). The summed E-state index contributed by atoms with van der Waals surface area (Å²) in [6, 6.07) is 14.1. The van der Waals surface area contributed by atoms with E-state index >= 15 is 0 Å². The van der Waals surface area contributed by atoms with Crippen LogP contribution in [0.3, 0.4) is 0 Å². The molecule has 0 heterocycles. The maximum absolute atomic E-state index is 10.0. The number of allylic oxidation sites excluding steroid dienone is 1. The Kier molecular flexibility index (Phi) is 6.85. The van der Waals surface area contributed by atoms with Crippen LogP contribution in [-0.4, -0.2) is 43.9 Å². The van der Waals surface area contributed by atoms with E-state index in [1.54, 1.807) is 5.57 Å². The van der Waals surface area contributed by atoms with Crippen LogP contribution in [0.5, 0.6) is 17.2 Å². The lowest BCUT2D eigenvalue weighted by Gasteiger charge is -2.52. The van der Waals surface area contributed by atoms with Crippen LogP contribution in [0.4, 0.5) is 0 Å². The van der Waals surface area contributed by atoms with Gasteiger partial charge in [-0.15, -0.1) is 0 Å². The van der Waals surface area contributed by atoms with E-state index in [2.05, 4.69) is 45.0 Å². The predicted molar refractivity (Wildman–Crippen MR) is 141 cm³/mol. The highest BCUT2D eigenvalue weighted by Gasteiger charge is 2.54. The molecule has 2 fully saturated rings. The Morgan fingerprint density at radius 1 is 1.09 bits per heavy atom. The van der Waals surface area contributed by atoms with Crippen molar-refractivity contribution >= 4 is 0 Å². The first kappa shape index (κ1) is 24.2. The molecule has 2 aromatic carbocycles. The zero-order chi connectivity index (χ0) is 24.6. The SMILES string of the molecule is C[C@@H]1Cc2cc(O)ccc2C2CCC3(C)/C(=C/COc4ccccc4OCCN(C)C)CCC3C21. The number of likely N-dealkylation sites (N-methyl/N-ethyl adjacent to an activating group) is 1. The average molecular weight is 476 g/mol. The Bertz CT molecular complexity index is 1080. The van der Waals surface area contributed by atoms with Crippen LogP contribution in [0.2, 0.25) is 0 Å². The molecule has 0 aliphatic heterocycles. The molecule has 0 bridgehead atoms. The molecule has 188 valence electrons. The van der Waals surface area contributed by atoms with E-state index < -0.39 is 0 Å². The highest BCUT2D eigenvalue weighted by molar-refractivity contribution is 5.42. The number of rotatable bonds is 7. The Morgan fingerprint density at radius 2 is 1.86 bits per heavy atom. The second-order valence-corrected chi connectivity index (χ2v) is 11.5. The van der Waals surface area contributed by atoms with E-state index in [1.807, 2.05) is 36.4 Å². The van der Waals surface area contributed by atoms with Gasteiger partial charge in [-0.05, 0) is 117 Å². The van der Waals surface area contributed by atoms with Crippen molar-refractivity contribution in [3.63, 3.8) is 0 Å². The number of ether oxygens (including phenoxy) is 2. The van der Waals surface area contributed by atoms with Gasteiger partial charge in [-0.1, -0.05) is 37.6 Å². The van der Waals surface area contributed by atoms with Crippen LogP contribution >= 0.6 is 0 Å². The number of aromatic hydroxyl groups is 1. The number of hydrogen-bond donors (Lipinski definition) is 1. The van der Waals surface area contributed by atoms with Crippen molar-refractivity contribution in [2.24, 2.45) is 23.2 Å². The average Bonchev–Trinajstić information content (AvgIpc) is 3.15. The van der Waals surface area contributed by atoms with Crippen molar-refractivity contribution in [2.45, 2.75) is 51.9 Å². The normalized spacial score (nSPS) is 30.6. The number of fused-ring (bicyclic) bond motifs is 5. The molecule has 4 nitrogen and oxygen atoms in total.